The molecule has 1 N–H and O–H groups in total. The summed E-state index contributed by atoms with van der Waals surface area (Å²) < 4.78 is 1.84. The molecule has 166 valence electrons. The number of carbonyl (C=O) groups is 1. The maximum absolute atomic E-state index is 13.3. The molecule has 3 heterocycles. The van der Waals surface area contributed by atoms with Crippen molar-refractivity contribution in [3.63, 3.8) is 0 Å². The van der Waals surface area contributed by atoms with Crippen LogP contribution in [-0.4, -0.2) is 44.7 Å². The fourth-order valence-electron chi connectivity index (χ4n) is 4.35. The van der Waals surface area contributed by atoms with Crippen LogP contribution < -0.4 is 5.32 Å². The lowest BCUT2D eigenvalue weighted by Gasteiger charge is -2.16. The van der Waals surface area contributed by atoms with Crippen LogP contribution in [0.4, 0.5) is 0 Å². The summed E-state index contributed by atoms with van der Waals surface area (Å²) in [5, 5.41) is 7.99. The molecule has 1 aliphatic rings. The van der Waals surface area contributed by atoms with E-state index < -0.39 is 0 Å². The van der Waals surface area contributed by atoms with Crippen molar-refractivity contribution in [2.75, 3.05) is 13.1 Å². The highest BCUT2D eigenvalue weighted by atomic mass is 16.1. The first-order valence-electron chi connectivity index (χ1n) is 11.3. The molecule has 1 amide bonds. The van der Waals surface area contributed by atoms with Gasteiger partial charge in [-0.05, 0) is 29.7 Å². The van der Waals surface area contributed by atoms with Gasteiger partial charge in [0.15, 0.2) is 0 Å². The fraction of sp³-hybridized carbons (Fsp3) is 0.222. The van der Waals surface area contributed by atoms with Crippen molar-refractivity contribution in [3.05, 3.63) is 108 Å². The normalized spacial score (nSPS) is 16.1. The van der Waals surface area contributed by atoms with Gasteiger partial charge in [0.1, 0.15) is 5.69 Å². The number of carbonyl (C=O) groups excluding carboxylic acids is 1. The quantitative estimate of drug-likeness (QED) is 0.475. The van der Waals surface area contributed by atoms with Crippen LogP contribution in [0.2, 0.25) is 0 Å². The van der Waals surface area contributed by atoms with Gasteiger partial charge in [-0.25, -0.2) is 0 Å². The molecule has 2 aromatic carbocycles. The van der Waals surface area contributed by atoms with E-state index in [9.17, 15) is 4.79 Å². The van der Waals surface area contributed by atoms with Crippen LogP contribution in [0.1, 0.15) is 27.9 Å². The minimum Gasteiger partial charge on any atom is -0.348 e. The van der Waals surface area contributed by atoms with Crippen LogP contribution in [0, 0.1) is 0 Å². The zero-order valence-electron chi connectivity index (χ0n) is 18.5. The van der Waals surface area contributed by atoms with Gasteiger partial charge in [-0.1, -0.05) is 60.7 Å². The summed E-state index contributed by atoms with van der Waals surface area (Å²) in [6, 6.07) is 24.5. The predicted molar refractivity (Wildman–Crippen MR) is 129 cm³/mol. The summed E-state index contributed by atoms with van der Waals surface area (Å²) in [5.41, 5.74) is 4.52. The first kappa shape index (κ1) is 21.1. The molecule has 6 nitrogen and oxygen atoms in total. The third kappa shape index (κ3) is 5.18. The van der Waals surface area contributed by atoms with E-state index in [0.717, 1.165) is 37.2 Å². The van der Waals surface area contributed by atoms with Crippen molar-refractivity contribution in [3.8, 4) is 11.3 Å². The number of benzene rings is 2. The van der Waals surface area contributed by atoms with Crippen molar-refractivity contribution >= 4 is 5.91 Å². The topological polar surface area (TPSA) is 63.1 Å². The van der Waals surface area contributed by atoms with Gasteiger partial charge in [-0.15, -0.1) is 0 Å². The summed E-state index contributed by atoms with van der Waals surface area (Å²) in [4.78, 5) is 19.9. The second-order valence-corrected chi connectivity index (χ2v) is 8.50. The Morgan fingerprint density at radius 2 is 1.67 bits per heavy atom. The summed E-state index contributed by atoms with van der Waals surface area (Å²) >= 11 is 0. The molecular weight excluding hydrogens is 410 g/mol. The lowest BCUT2D eigenvalue weighted by molar-refractivity contribution is 0.0938. The van der Waals surface area contributed by atoms with Gasteiger partial charge in [0.05, 0.1) is 12.1 Å². The van der Waals surface area contributed by atoms with Gasteiger partial charge in [-0.2, -0.15) is 5.10 Å². The average Bonchev–Trinajstić information content (AvgIpc) is 3.48. The first-order valence-corrected chi connectivity index (χ1v) is 11.3. The van der Waals surface area contributed by atoms with E-state index in [0.29, 0.717) is 17.8 Å². The average molecular weight is 438 g/mol. The monoisotopic (exact) mass is 437 g/mol. The smallest absolute Gasteiger partial charge is 0.255 e. The van der Waals surface area contributed by atoms with Gasteiger partial charge >= 0.3 is 0 Å². The van der Waals surface area contributed by atoms with Crippen molar-refractivity contribution in [2.45, 2.75) is 25.6 Å². The van der Waals surface area contributed by atoms with E-state index in [2.05, 4.69) is 51.6 Å². The van der Waals surface area contributed by atoms with Crippen molar-refractivity contribution in [1.82, 2.24) is 25.0 Å². The summed E-state index contributed by atoms with van der Waals surface area (Å²) in [6.45, 7) is 3.34. The highest BCUT2D eigenvalue weighted by Gasteiger charge is 2.26. The number of aromatic nitrogens is 3. The number of rotatable bonds is 7. The number of hydrogen-bond donors (Lipinski definition) is 1. The number of hydrogen-bond acceptors (Lipinski definition) is 4. The van der Waals surface area contributed by atoms with E-state index in [-0.39, 0.29) is 11.9 Å². The lowest BCUT2D eigenvalue weighted by atomic mass is 10.1. The molecular formula is C27H27N5O. The molecule has 1 saturated heterocycles. The van der Waals surface area contributed by atoms with Crippen molar-refractivity contribution in [1.29, 1.82) is 0 Å². The van der Waals surface area contributed by atoms with Gasteiger partial charge in [0, 0.05) is 49.8 Å². The molecule has 1 aliphatic heterocycles. The standard InChI is InChI=1S/C27H27N5O/c33-27(29-24-13-15-31(19-24)17-21-8-3-1-4-9-21)25-20-32(18-22-10-5-2-6-11-22)30-26(25)23-12-7-14-28-16-23/h1-12,14,16,20,24H,13,15,17-19H2,(H,29,33)/t24-/m0/s1. The highest BCUT2D eigenvalue weighted by molar-refractivity contribution is 5.99. The molecule has 0 spiro atoms. The Bertz CT molecular complexity index is 1190. The van der Waals surface area contributed by atoms with E-state index in [1.807, 2.05) is 47.3 Å². The molecule has 6 heteroatoms. The van der Waals surface area contributed by atoms with Crippen LogP contribution in [0.5, 0.6) is 0 Å². The van der Waals surface area contributed by atoms with Crippen molar-refractivity contribution < 1.29 is 4.79 Å². The Morgan fingerprint density at radius 1 is 0.939 bits per heavy atom. The fourth-order valence-corrected chi connectivity index (χ4v) is 4.35. The molecule has 2 aromatic heterocycles. The number of pyridine rings is 1. The lowest BCUT2D eigenvalue weighted by Crippen LogP contribution is -2.37. The van der Waals surface area contributed by atoms with E-state index in [1.54, 1.807) is 12.4 Å². The van der Waals surface area contributed by atoms with E-state index in [4.69, 9.17) is 5.10 Å². The first-order chi connectivity index (χ1) is 16.2. The van der Waals surface area contributed by atoms with Gasteiger partial charge in [-0.3, -0.25) is 19.4 Å². The molecule has 0 radical (unpaired) electrons. The highest BCUT2D eigenvalue weighted by Crippen LogP contribution is 2.23. The second-order valence-electron chi connectivity index (χ2n) is 8.50. The van der Waals surface area contributed by atoms with Crippen LogP contribution in [0.3, 0.4) is 0 Å². The Labute approximate surface area is 193 Å². The SMILES string of the molecule is O=C(N[C@H]1CCN(Cc2ccccc2)C1)c1cn(Cc2ccccc2)nc1-c1cccnc1. The minimum absolute atomic E-state index is 0.0836. The molecule has 4 aromatic rings. The van der Waals surface area contributed by atoms with Gasteiger partial charge < -0.3 is 5.32 Å². The molecule has 0 unspecified atom stereocenters. The predicted octanol–water partition coefficient (Wildman–Crippen LogP) is 4.00. The number of likely N-dealkylation sites (tertiary alicyclic amines) is 1. The molecule has 1 fully saturated rings. The molecule has 5 rings (SSSR count). The zero-order chi connectivity index (χ0) is 22.5. The maximum atomic E-state index is 13.3. The Balaban J connectivity index is 1.31. The molecule has 0 saturated carbocycles. The Kier molecular flexibility index (Phi) is 6.26. The number of nitrogens with zero attached hydrogens (tertiary/aromatic N) is 4. The number of amides is 1. The summed E-state index contributed by atoms with van der Waals surface area (Å²) in [6.07, 6.45) is 6.27. The van der Waals surface area contributed by atoms with Crippen LogP contribution >= 0.6 is 0 Å². The van der Waals surface area contributed by atoms with Crippen LogP contribution in [-0.2, 0) is 13.1 Å². The third-order valence-corrected chi connectivity index (χ3v) is 5.99. The molecule has 0 bridgehead atoms. The minimum atomic E-state index is -0.0836. The van der Waals surface area contributed by atoms with Crippen LogP contribution in [0.15, 0.2) is 91.4 Å². The van der Waals surface area contributed by atoms with E-state index in [1.165, 1.54) is 5.56 Å². The number of nitrogens with one attached hydrogen (secondary N) is 1. The largest absolute Gasteiger partial charge is 0.348 e. The van der Waals surface area contributed by atoms with Crippen LogP contribution in [0.25, 0.3) is 11.3 Å². The zero-order valence-corrected chi connectivity index (χ0v) is 18.5. The molecule has 0 aliphatic carbocycles. The Hall–Kier alpha value is -3.77. The summed E-state index contributed by atoms with van der Waals surface area (Å²) in [7, 11) is 0. The summed E-state index contributed by atoms with van der Waals surface area (Å²) in [5.74, 6) is -0.0836. The molecule has 33 heavy (non-hydrogen) atoms. The molecule has 1 atom stereocenters. The Morgan fingerprint density at radius 3 is 2.36 bits per heavy atom. The van der Waals surface area contributed by atoms with Gasteiger partial charge in [0.2, 0.25) is 0 Å². The third-order valence-electron chi connectivity index (χ3n) is 5.99. The van der Waals surface area contributed by atoms with E-state index >= 15 is 0 Å². The maximum Gasteiger partial charge on any atom is 0.255 e. The second kappa shape index (κ2) is 9.79. The van der Waals surface area contributed by atoms with Crippen molar-refractivity contribution in [2.24, 2.45) is 0 Å². The van der Waals surface area contributed by atoms with Gasteiger partial charge in [0.25, 0.3) is 5.91 Å².